The standard InChI is InChI=1S/C21H20N2O4S/c1-2-26-15-9-6-14(7-10-15)8-11-20(25)27-13-19(24)23-21-17(12-22)16-4-3-5-18(16)28-21/h6-11H,2-5,13H2,1H3,(H,23,24)/b11-8+. The molecule has 0 atom stereocenters. The van der Waals surface area contributed by atoms with Gasteiger partial charge in [0, 0.05) is 11.0 Å². The van der Waals surface area contributed by atoms with Gasteiger partial charge in [-0.15, -0.1) is 11.3 Å². The molecular weight excluding hydrogens is 376 g/mol. The van der Waals surface area contributed by atoms with Crippen molar-refractivity contribution in [2.45, 2.75) is 26.2 Å². The molecule has 0 spiro atoms. The smallest absolute Gasteiger partial charge is 0.331 e. The van der Waals surface area contributed by atoms with Crippen molar-refractivity contribution in [3.63, 3.8) is 0 Å². The van der Waals surface area contributed by atoms with E-state index in [2.05, 4.69) is 11.4 Å². The van der Waals surface area contributed by atoms with E-state index in [1.807, 2.05) is 31.2 Å². The summed E-state index contributed by atoms with van der Waals surface area (Å²) < 4.78 is 10.3. The molecule has 0 aliphatic heterocycles. The number of esters is 1. The van der Waals surface area contributed by atoms with Crippen LogP contribution in [-0.2, 0) is 27.2 Å². The number of carbonyl (C=O) groups is 2. The first kappa shape index (κ1) is 19.6. The molecular formula is C21H20N2O4S. The Bertz CT molecular complexity index is 939. The number of aryl methyl sites for hydroxylation is 1. The van der Waals surface area contributed by atoms with Crippen LogP contribution in [0.5, 0.6) is 5.75 Å². The number of benzene rings is 1. The van der Waals surface area contributed by atoms with Crippen LogP contribution in [-0.4, -0.2) is 25.1 Å². The number of amides is 1. The molecule has 3 rings (SSSR count). The normalized spacial score (nSPS) is 12.4. The summed E-state index contributed by atoms with van der Waals surface area (Å²) in [6.07, 6.45) is 5.73. The van der Waals surface area contributed by atoms with Gasteiger partial charge in [0.15, 0.2) is 6.61 Å². The largest absolute Gasteiger partial charge is 0.494 e. The summed E-state index contributed by atoms with van der Waals surface area (Å²) in [5.41, 5.74) is 2.39. The van der Waals surface area contributed by atoms with Crippen LogP contribution in [0, 0.1) is 11.3 Å². The van der Waals surface area contributed by atoms with Crippen LogP contribution in [0.1, 0.15) is 34.9 Å². The van der Waals surface area contributed by atoms with Gasteiger partial charge >= 0.3 is 5.97 Å². The Kier molecular flexibility index (Phi) is 6.45. The molecule has 0 radical (unpaired) electrons. The van der Waals surface area contributed by atoms with E-state index in [0.717, 1.165) is 41.0 Å². The highest BCUT2D eigenvalue weighted by Crippen LogP contribution is 2.38. The quantitative estimate of drug-likeness (QED) is 0.569. The predicted octanol–water partition coefficient (Wildman–Crippen LogP) is 3.70. The van der Waals surface area contributed by atoms with Crippen LogP contribution in [0.2, 0.25) is 0 Å². The Morgan fingerprint density at radius 2 is 2.07 bits per heavy atom. The fourth-order valence-corrected chi connectivity index (χ4v) is 4.22. The van der Waals surface area contributed by atoms with Crippen molar-refractivity contribution in [2.24, 2.45) is 0 Å². The van der Waals surface area contributed by atoms with E-state index in [9.17, 15) is 14.9 Å². The zero-order valence-corrected chi connectivity index (χ0v) is 16.3. The number of anilines is 1. The maximum absolute atomic E-state index is 12.1. The number of carbonyl (C=O) groups excluding carboxylic acids is 2. The summed E-state index contributed by atoms with van der Waals surface area (Å²) in [4.78, 5) is 25.0. The maximum Gasteiger partial charge on any atom is 0.331 e. The second kappa shape index (κ2) is 9.20. The van der Waals surface area contributed by atoms with Gasteiger partial charge in [-0.1, -0.05) is 12.1 Å². The van der Waals surface area contributed by atoms with Crippen molar-refractivity contribution in [3.8, 4) is 11.8 Å². The number of hydrogen-bond acceptors (Lipinski definition) is 6. The summed E-state index contributed by atoms with van der Waals surface area (Å²) >= 11 is 1.43. The van der Waals surface area contributed by atoms with E-state index >= 15 is 0 Å². The molecule has 1 aliphatic carbocycles. The molecule has 1 aliphatic rings. The SMILES string of the molecule is CCOc1ccc(/C=C/C(=O)OCC(=O)Nc2sc3c(c2C#N)CCC3)cc1. The van der Waals surface area contributed by atoms with Gasteiger partial charge in [0.1, 0.15) is 16.8 Å². The van der Waals surface area contributed by atoms with Crippen molar-refractivity contribution in [1.29, 1.82) is 5.26 Å². The summed E-state index contributed by atoms with van der Waals surface area (Å²) in [5, 5.41) is 12.6. The average Bonchev–Trinajstić information content (AvgIpc) is 3.26. The topological polar surface area (TPSA) is 88.4 Å². The van der Waals surface area contributed by atoms with Crippen molar-refractivity contribution >= 4 is 34.3 Å². The summed E-state index contributed by atoms with van der Waals surface area (Å²) in [6, 6.07) is 9.43. The first-order valence-electron chi connectivity index (χ1n) is 9.03. The number of thiophene rings is 1. The van der Waals surface area contributed by atoms with Crippen LogP contribution < -0.4 is 10.1 Å². The molecule has 0 saturated carbocycles. The Balaban J connectivity index is 1.49. The lowest BCUT2D eigenvalue weighted by Gasteiger charge is -2.04. The van der Waals surface area contributed by atoms with Crippen molar-refractivity contribution in [2.75, 3.05) is 18.5 Å². The minimum absolute atomic E-state index is 0.403. The monoisotopic (exact) mass is 396 g/mol. The molecule has 1 aromatic heterocycles. The molecule has 1 heterocycles. The molecule has 0 unspecified atom stereocenters. The summed E-state index contributed by atoms with van der Waals surface area (Å²) in [5.74, 6) is -0.312. The molecule has 1 N–H and O–H groups in total. The van der Waals surface area contributed by atoms with Crippen LogP contribution in [0.3, 0.4) is 0 Å². The lowest BCUT2D eigenvalue weighted by molar-refractivity contribution is -0.142. The second-order valence-electron chi connectivity index (χ2n) is 6.16. The molecule has 2 aromatic rings. The van der Waals surface area contributed by atoms with Crippen molar-refractivity contribution < 1.29 is 19.1 Å². The minimum Gasteiger partial charge on any atom is -0.494 e. The molecule has 6 nitrogen and oxygen atoms in total. The Labute approximate surface area is 167 Å². The summed E-state index contributed by atoms with van der Waals surface area (Å²) in [7, 11) is 0. The van der Waals surface area contributed by atoms with Gasteiger partial charge in [0.05, 0.1) is 12.2 Å². The highest BCUT2D eigenvalue weighted by Gasteiger charge is 2.23. The zero-order chi connectivity index (χ0) is 19.9. The van der Waals surface area contributed by atoms with Crippen LogP contribution in [0.4, 0.5) is 5.00 Å². The summed E-state index contributed by atoms with van der Waals surface area (Å²) in [6.45, 7) is 2.10. The molecule has 1 amide bonds. The minimum atomic E-state index is -0.613. The first-order valence-corrected chi connectivity index (χ1v) is 9.84. The van der Waals surface area contributed by atoms with E-state index < -0.39 is 18.5 Å². The Morgan fingerprint density at radius 3 is 2.79 bits per heavy atom. The van der Waals surface area contributed by atoms with Crippen LogP contribution in [0.15, 0.2) is 30.3 Å². The molecule has 1 aromatic carbocycles. The Morgan fingerprint density at radius 1 is 1.29 bits per heavy atom. The zero-order valence-electron chi connectivity index (χ0n) is 15.5. The number of nitrogens with one attached hydrogen (secondary N) is 1. The maximum atomic E-state index is 12.1. The van der Waals surface area contributed by atoms with Gasteiger partial charge in [0.2, 0.25) is 0 Å². The molecule has 7 heteroatoms. The highest BCUT2D eigenvalue weighted by atomic mass is 32.1. The molecule has 0 saturated heterocycles. The lowest BCUT2D eigenvalue weighted by Crippen LogP contribution is -2.20. The fourth-order valence-electron chi connectivity index (χ4n) is 2.96. The van der Waals surface area contributed by atoms with Gasteiger partial charge in [0.25, 0.3) is 5.91 Å². The highest BCUT2D eigenvalue weighted by molar-refractivity contribution is 7.16. The van der Waals surface area contributed by atoms with Crippen LogP contribution >= 0.6 is 11.3 Å². The second-order valence-corrected chi connectivity index (χ2v) is 7.27. The van der Waals surface area contributed by atoms with Gasteiger partial charge in [-0.2, -0.15) is 5.26 Å². The third-order valence-electron chi connectivity index (χ3n) is 4.23. The van der Waals surface area contributed by atoms with E-state index in [4.69, 9.17) is 9.47 Å². The van der Waals surface area contributed by atoms with Gasteiger partial charge < -0.3 is 14.8 Å². The molecule has 0 bridgehead atoms. The first-order chi connectivity index (χ1) is 13.6. The molecule has 28 heavy (non-hydrogen) atoms. The molecule has 0 fully saturated rings. The predicted molar refractivity (Wildman–Crippen MR) is 107 cm³/mol. The third kappa shape index (κ3) is 4.78. The van der Waals surface area contributed by atoms with Crippen molar-refractivity contribution in [1.82, 2.24) is 0 Å². The lowest BCUT2D eigenvalue weighted by atomic mass is 10.1. The van der Waals surface area contributed by atoms with Gasteiger partial charge in [-0.3, -0.25) is 4.79 Å². The average molecular weight is 396 g/mol. The van der Waals surface area contributed by atoms with Crippen LogP contribution in [0.25, 0.3) is 6.08 Å². The van der Waals surface area contributed by atoms with Crippen molar-refractivity contribution in [3.05, 3.63) is 51.9 Å². The Hall–Kier alpha value is -3.11. The van der Waals surface area contributed by atoms with E-state index in [1.54, 1.807) is 6.08 Å². The third-order valence-corrected chi connectivity index (χ3v) is 5.44. The van der Waals surface area contributed by atoms with Gasteiger partial charge in [-0.25, -0.2) is 4.79 Å². The number of nitriles is 1. The van der Waals surface area contributed by atoms with E-state index in [1.165, 1.54) is 17.4 Å². The number of rotatable bonds is 7. The fraction of sp³-hybridized carbons (Fsp3) is 0.286. The number of ether oxygens (including phenoxy) is 2. The van der Waals surface area contributed by atoms with E-state index in [0.29, 0.717) is 17.2 Å². The number of nitrogens with zero attached hydrogens (tertiary/aromatic N) is 1. The number of hydrogen-bond donors (Lipinski definition) is 1. The number of fused-ring (bicyclic) bond motifs is 1. The molecule has 144 valence electrons. The van der Waals surface area contributed by atoms with E-state index in [-0.39, 0.29) is 0 Å². The van der Waals surface area contributed by atoms with Gasteiger partial charge in [-0.05, 0) is 55.5 Å².